The Morgan fingerprint density at radius 2 is 0.974 bits per heavy atom. The van der Waals surface area contributed by atoms with Crippen LogP contribution in [0.25, 0.3) is 22.5 Å². The summed E-state index contributed by atoms with van der Waals surface area (Å²) in [6, 6.07) is 26.8. The van der Waals surface area contributed by atoms with Gasteiger partial charge in [-0.1, -0.05) is 60.7 Å². The first-order valence-electron chi connectivity index (χ1n) is 12.3. The maximum Gasteiger partial charge on any atom is 0.251 e. The minimum Gasteiger partial charge on any atom is -0.352 e. The molecule has 0 atom stereocenters. The van der Waals surface area contributed by atoms with Gasteiger partial charge in [0.25, 0.3) is 11.8 Å². The van der Waals surface area contributed by atoms with Crippen molar-refractivity contribution < 1.29 is 9.59 Å². The molecule has 8 heteroatoms. The molecule has 38 heavy (non-hydrogen) atoms. The molecule has 0 aliphatic rings. The number of nitrogens with zero attached hydrogens (tertiary/aromatic N) is 2. The fraction of sp³-hybridized carbons (Fsp3) is 0.133. The van der Waals surface area contributed by atoms with E-state index in [0.717, 1.165) is 32.5 Å². The molecule has 2 amide bonds. The molecule has 2 aromatic heterocycles. The summed E-state index contributed by atoms with van der Waals surface area (Å²) in [5.74, 6) is -0.343. The highest BCUT2D eigenvalue weighted by molar-refractivity contribution is 7.10. The second-order valence-electron chi connectivity index (χ2n) is 8.57. The summed E-state index contributed by atoms with van der Waals surface area (Å²) >= 11 is 3.18. The van der Waals surface area contributed by atoms with Crippen LogP contribution in [0.5, 0.6) is 0 Å². The third kappa shape index (κ3) is 6.59. The van der Waals surface area contributed by atoms with Gasteiger partial charge in [0.05, 0.1) is 21.4 Å². The van der Waals surface area contributed by atoms with Crippen LogP contribution in [0.15, 0.2) is 95.7 Å². The van der Waals surface area contributed by atoms with Crippen molar-refractivity contribution in [2.24, 2.45) is 0 Å². The third-order valence-corrected chi connectivity index (χ3v) is 7.72. The van der Waals surface area contributed by atoms with E-state index in [1.54, 1.807) is 46.9 Å². The molecule has 2 N–H and O–H groups in total. The van der Waals surface area contributed by atoms with E-state index in [-0.39, 0.29) is 11.8 Å². The lowest BCUT2D eigenvalue weighted by Gasteiger charge is -2.07. The zero-order valence-electron chi connectivity index (χ0n) is 20.6. The SMILES string of the molecule is O=C(NCCc1nc(-c2ccccc2)cs1)c1ccc(C(=O)NCCc2nc(-c3ccccc3)cs2)cc1. The zero-order valence-corrected chi connectivity index (χ0v) is 22.2. The fourth-order valence-electron chi connectivity index (χ4n) is 3.88. The van der Waals surface area contributed by atoms with Crippen molar-refractivity contribution in [3.8, 4) is 22.5 Å². The van der Waals surface area contributed by atoms with Gasteiger partial charge in [-0.15, -0.1) is 22.7 Å². The second-order valence-corrected chi connectivity index (χ2v) is 10.5. The average Bonchev–Trinajstić information content (AvgIpc) is 3.64. The number of benzene rings is 3. The molecule has 0 bridgehead atoms. The van der Waals surface area contributed by atoms with Crippen LogP contribution in [-0.4, -0.2) is 34.9 Å². The molecular weight excluding hydrogens is 512 g/mol. The molecule has 5 rings (SSSR count). The lowest BCUT2D eigenvalue weighted by atomic mass is 10.1. The summed E-state index contributed by atoms with van der Waals surface area (Å²) in [5.41, 5.74) is 5.11. The summed E-state index contributed by atoms with van der Waals surface area (Å²) in [7, 11) is 0. The van der Waals surface area contributed by atoms with Crippen LogP contribution in [-0.2, 0) is 12.8 Å². The Kier molecular flexibility index (Phi) is 8.32. The topological polar surface area (TPSA) is 84.0 Å². The highest BCUT2D eigenvalue weighted by Gasteiger charge is 2.11. The Morgan fingerprint density at radius 1 is 0.579 bits per heavy atom. The fourth-order valence-corrected chi connectivity index (χ4v) is 5.49. The molecule has 0 aliphatic heterocycles. The molecule has 0 fully saturated rings. The van der Waals surface area contributed by atoms with Gasteiger partial charge in [-0.2, -0.15) is 0 Å². The number of hydrogen-bond donors (Lipinski definition) is 2. The molecule has 0 saturated carbocycles. The second kappa shape index (κ2) is 12.4. The largest absolute Gasteiger partial charge is 0.352 e. The van der Waals surface area contributed by atoms with E-state index < -0.39 is 0 Å². The Morgan fingerprint density at radius 3 is 1.37 bits per heavy atom. The van der Waals surface area contributed by atoms with Gasteiger partial charge in [0.1, 0.15) is 0 Å². The number of aromatic nitrogens is 2. The number of carbonyl (C=O) groups excluding carboxylic acids is 2. The summed E-state index contributed by atoms with van der Waals surface area (Å²) < 4.78 is 0. The predicted molar refractivity (Wildman–Crippen MR) is 154 cm³/mol. The van der Waals surface area contributed by atoms with E-state index in [4.69, 9.17) is 0 Å². The number of carbonyl (C=O) groups is 2. The highest BCUT2D eigenvalue weighted by atomic mass is 32.1. The number of hydrogen-bond acceptors (Lipinski definition) is 6. The van der Waals surface area contributed by atoms with Crippen LogP contribution < -0.4 is 10.6 Å². The number of rotatable bonds is 10. The molecule has 190 valence electrons. The van der Waals surface area contributed by atoms with Crippen LogP contribution >= 0.6 is 22.7 Å². The normalized spacial score (nSPS) is 10.7. The van der Waals surface area contributed by atoms with E-state index in [1.165, 1.54) is 0 Å². The van der Waals surface area contributed by atoms with Gasteiger partial charge >= 0.3 is 0 Å². The number of amides is 2. The molecule has 5 aromatic rings. The van der Waals surface area contributed by atoms with Crippen molar-refractivity contribution in [3.63, 3.8) is 0 Å². The highest BCUT2D eigenvalue weighted by Crippen LogP contribution is 2.22. The van der Waals surface area contributed by atoms with Crippen LogP contribution in [0.3, 0.4) is 0 Å². The molecule has 0 saturated heterocycles. The molecule has 0 aliphatic carbocycles. The van der Waals surface area contributed by atoms with Crippen LogP contribution in [0, 0.1) is 0 Å². The first-order valence-corrected chi connectivity index (χ1v) is 14.1. The van der Waals surface area contributed by atoms with Crippen molar-refractivity contribution in [3.05, 3.63) is 117 Å². The summed E-state index contributed by atoms with van der Waals surface area (Å²) in [6.07, 6.45) is 1.32. The summed E-state index contributed by atoms with van der Waals surface area (Å²) in [4.78, 5) is 34.4. The summed E-state index contributed by atoms with van der Waals surface area (Å²) in [5, 5.41) is 11.9. The van der Waals surface area contributed by atoms with Crippen molar-refractivity contribution in [1.82, 2.24) is 20.6 Å². The molecule has 0 spiro atoms. The summed E-state index contributed by atoms with van der Waals surface area (Å²) in [6.45, 7) is 0.983. The first-order chi connectivity index (χ1) is 18.7. The van der Waals surface area contributed by atoms with Crippen molar-refractivity contribution in [2.75, 3.05) is 13.1 Å². The molecule has 3 aromatic carbocycles. The smallest absolute Gasteiger partial charge is 0.251 e. The van der Waals surface area contributed by atoms with Gasteiger partial charge in [0.15, 0.2) is 0 Å². The molecule has 0 radical (unpaired) electrons. The Balaban J connectivity index is 1.05. The van der Waals surface area contributed by atoms with E-state index >= 15 is 0 Å². The number of nitrogens with one attached hydrogen (secondary N) is 2. The minimum absolute atomic E-state index is 0.171. The van der Waals surface area contributed by atoms with E-state index in [0.29, 0.717) is 37.1 Å². The van der Waals surface area contributed by atoms with Crippen molar-refractivity contribution >= 4 is 34.5 Å². The average molecular weight is 539 g/mol. The van der Waals surface area contributed by atoms with E-state index in [1.807, 2.05) is 71.4 Å². The standard InChI is InChI=1S/C30H26N4O2S2/c35-29(31-17-15-27-33-25(19-37-27)21-7-3-1-4-8-21)23-11-13-24(14-12-23)30(36)32-18-16-28-34-26(20-38-28)22-9-5-2-6-10-22/h1-14,19-20H,15-18H2,(H,31,35)(H,32,36). The molecule has 0 unspecified atom stereocenters. The van der Waals surface area contributed by atoms with Gasteiger partial charge in [0, 0.05) is 58.9 Å². The lowest BCUT2D eigenvalue weighted by Crippen LogP contribution is -2.27. The lowest BCUT2D eigenvalue weighted by molar-refractivity contribution is 0.0942. The number of thiazole rings is 2. The van der Waals surface area contributed by atoms with Gasteiger partial charge in [0.2, 0.25) is 0 Å². The van der Waals surface area contributed by atoms with E-state index in [2.05, 4.69) is 20.6 Å². The minimum atomic E-state index is -0.171. The zero-order chi connectivity index (χ0) is 26.2. The van der Waals surface area contributed by atoms with E-state index in [9.17, 15) is 9.59 Å². The monoisotopic (exact) mass is 538 g/mol. The maximum atomic E-state index is 12.5. The van der Waals surface area contributed by atoms with Gasteiger partial charge in [-0.3, -0.25) is 9.59 Å². The molecule has 6 nitrogen and oxygen atoms in total. The quantitative estimate of drug-likeness (QED) is 0.233. The van der Waals surface area contributed by atoms with Crippen molar-refractivity contribution in [2.45, 2.75) is 12.8 Å². The first kappa shape index (κ1) is 25.5. The third-order valence-electron chi connectivity index (χ3n) is 5.90. The predicted octanol–water partition coefficient (Wildman–Crippen LogP) is 5.88. The Labute approximate surface area is 229 Å². The van der Waals surface area contributed by atoms with Gasteiger partial charge in [-0.05, 0) is 24.3 Å². The molecular formula is C30H26N4O2S2. The van der Waals surface area contributed by atoms with Crippen LogP contribution in [0.1, 0.15) is 30.7 Å². The Hall–Kier alpha value is -4.14. The Bertz CT molecular complexity index is 1380. The van der Waals surface area contributed by atoms with Crippen LogP contribution in [0.4, 0.5) is 0 Å². The van der Waals surface area contributed by atoms with Crippen LogP contribution in [0.2, 0.25) is 0 Å². The van der Waals surface area contributed by atoms with Gasteiger partial charge < -0.3 is 10.6 Å². The molecule has 2 heterocycles. The van der Waals surface area contributed by atoms with Crippen molar-refractivity contribution in [1.29, 1.82) is 0 Å². The van der Waals surface area contributed by atoms with Gasteiger partial charge in [-0.25, -0.2) is 9.97 Å². The maximum absolute atomic E-state index is 12.5.